The number of carbonyl (C=O) groups excluding carboxylic acids is 2. The van der Waals surface area contributed by atoms with Crippen molar-refractivity contribution in [3.05, 3.63) is 218 Å². The summed E-state index contributed by atoms with van der Waals surface area (Å²) in [7, 11) is 0. The molecular weight excluding hydrogens is 674 g/mol. The second kappa shape index (κ2) is 16.1. The fourth-order valence-corrected chi connectivity index (χ4v) is 15.0. The Morgan fingerprint density at radius 1 is 0.404 bits per heavy atom. The van der Waals surface area contributed by atoms with E-state index in [1.807, 2.05) is 182 Å². The van der Waals surface area contributed by atoms with E-state index < -0.39 is 19.7 Å². The molecule has 0 aliphatic rings. The van der Waals surface area contributed by atoms with E-state index in [1.165, 1.54) is 0 Å². The molecule has 7 aromatic carbocycles. The van der Waals surface area contributed by atoms with E-state index in [9.17, 15) is 0 Å². The highest BCUT2D eigenvalue weighted by molar-refractivity contribution is 7.99. The molecule has 0 aromatic heterocycles. The van der Waals surface area contributed by atoms with Crippen LogP contribution < -0.4 is 31.8 Å². The zero-order valence-electron chi connectivity index (χ0n) is 28.6. The van der Waals surface area contributed by atoms with Gasteiger partial charge in [-0.2, -0.15) is 0 Å². The zero-order valence-corrected chi connectivity index (χ0v) is 30.4. The molecular formula is C47H38O3P2. The topological polar surface area (TPSA) is 43.4 Å². The molecule has 7 aromatic rings. The number of ether oxygens (including phenoxy) is 1. The summed E-state index contributed by atoms with van der Waals surface area (Å²) in [6.07, 6.45) is 0. The van der Waals surface area contributed by atoms with Gasteiger partial charge >= 0.3 is 5.97 Å². The quantitative estimate of drug-likeness (QED) is 0.0806. The van der Waals surface area contributed by atoms with Crippen LogP contribution in [0.2, 0.25) is 0 Å². The lowest BCUT2D eigenvalue weighted by Crippen LogP contribution is -2.40. The number of hydrogen-bond acceptors (Lipinski definition) is 3. The number of rotatable bonds is 11. The zero-order chi connectivity index (χ0) is 35.6. The van der Waals surface area contributed by atoms with Crippen LogP contribution in [0.4, 0.5) is 0 Å². The largest absolute Gasteiger partial charge is 0.457 e. The van der Waals surface area contributed by atoms with Crippen molar-refractivity contribution in [2.75, 3.05) is 0 Å². The van der Waals surface area contributed by atoms with Crippen LogP contribution in [0.1, 0.15) is 5.56 Å². The summed E-state index contributed by atoms with van der Waals surface area (Å²) >= 11 is 0. The number of hydrogen-bond donors (Lipinski definition) is 0. The smallest absolute Gasteiger partial charge is 0.343 e. The van der Waals surface area contributed by atoms with E-state index in [0.717, 1.165) is 37.4 Å². The minimum absolute atomic E-state index is 0.0329. The second-order valence-corrected chi connectivity index (χ2v) is 18.9. The molecule has 254 valence electrons. The summed E-state index contributed by atoms with van der Waals surface area (Å²) in [4.78, 5) is 31.1. The van der Waals surface area contributed by atoms with E-state index in [0.29, 0.717) is 0 Å². The van der Waals surface area contributed by atoms with Crippen LogP contribution in [0.3, 0.4) is 0 Å². The van der Waals surface area contributed by atoms with Gasteiger partial charge in [-0.05, 0) is 57.0 Å². The van der Waals surface area contributed by atoms with E-state index in [1.54, 1.807) is 0 Å². The molecule has 0 aliphatic heterocycles. The maximum Gasteiger partial charge on any atom is 0.343 e. The van der Waals surface area contributed by atoms with Gasteiger partial charge in [0.2, 0.25) is 0 Å². The first-order valence-corrected chi connectivity index (χ1v) is 20.9. The SMILES string of the molecule is O=C(C=P(c1ccccc1)(c1ccccc1)c1ccccc1)C(C(=O)OCc1ccccc1)=P(c1ccccc1)(c1ccccc1)c1ccccc1. The van der Waals surface area contributed by atoms with Crippen LogP contribution in [0.25, 0.3) is 0 Å². The predicted octanol–water partition coefficient (Wildman–Crippen LogP) is 7.26. The third kappa shape index (κ3) is 6.82. The average Bonchev–Trinajstić information content (AvgIpc) is 3.23. The van der Waals surface area contributed by atoms with Gasteiger partial charge in [-0.1, -0.05) is 212 Å². The van der Waals surface area contributed by atoms with Crippen LogP contribution in [0.15, 0.2) is 212 Å². The van der Waals surface area contributed by atoms with Gasteiger partial charge in [0.1, 0.15) is 11.9 Å². The first-order chi connectivity index (χ1) is 25.6. The first-order valence-electron chi connectivity index (χ1n) is 17.2. The minimum Gasteiger partial charge on any atom is -0.457 e. The fraction of sp³-hybridized carbons (Fsp3) is 0.0213. The maximum absolute atomic E-state index is 16.0. The first kappa shape index (κ1) is 34.7. The van der Waals surface area contributed by atoms with Gasteiger partial charge in [0.05, 0.1) is 0 Å². The summed E-state index contributed by atoms with van der Waals surface area (Å²) in [6, 6.07) is 70.3. The Morgan fingerprint density at radius 3 is 1.02 bits per heavy atom. The molecule has 52 heavy (non-hydrogen) atoms. The van der Waals surface area contributed by atoms with E-state index in [-0.39, 0.29) is 17.7 Å². The molecule has 0 spiro atoms. The molecule has 0 saturated heterocycles. The Hall–Kier alpha value is -5.72. The maximum atomic E-state index is 16.0. The molecule has 0 bridgehead atoms. The summed E-state index contributed by atoms with van der Waals surface area (Å²) in [5.74, 6) is 0.908. The highest BCUT2D eigenvalue weighted by Crippen LogP contribution is 2.48. The van der Waals surface area contributed by atoms with E-state index >= 15 is 9.59 Å². The Morgan fingerprint density at radius 2 is 0.692 bits per heavy atom. The molecule has 0 radical (unpaired) electrons. The van der Waals surface area contributed by atoms with Crippen molar-refractivity contribution < 1.29 is 14.3 Å². The van der Waals surface area contributed by atoms with Gasteiger partial charge < -0.3 is 4.74 Å². The Bertz CT molecular complexity index is 2150. The van der Waals surface area contributed by atoms with Crippen molar-refractivity contribution in [2.45, 2.75) is 6.61 Å². The summed E-state index contributed by atoms with van der Waals surface area (Å²) in [5.41, 5.74) is 0.842. The van der Waals surface area contributed by atoms with Gasteiger partial charge in [-0.25, -0.2) is 4.79 Å². The second-order valence-electron chi connectivity index (χ2n) is 12.3. The van der Waals surface area contributed by atoms with E-state index in [2.05, 4.69) is 36.4 Å². The molecule has 0 aliphatic carbocycles. The van der Waals surface area contributed by atoms with Crippen LogP contribution in [0, 0.1) is 0 Å². The molecule has 0 saturated carbocycles. The predicted molar refractivity (Wildman–Crippen MR) is 223 cm³/mol. The third-order valence-electron chi connectivity index (χ3n) is 9.21. The lowest BCUT2D eigenvalue weighted by Gasteiger charge is -2.32. The Labute approximate surface area is 306 Å². The molecule has 0 heterocycles. The fourth-order valence-electron chi connectivity index (χ4n) is 6.88. The Kier molecular flexibility index (Phi) is 10.7. The number of Topliss-reactive ketones (excluding diaryl/α,β-unsaturated/α-hetero) is 1. The number of benzene rings is 7. The van der Waals surface area contributed by atoms with Crippen molar-refractivity contribution >= 4 is 68.4 Å². The Balaban J connectivity index is 1.65. The van der Waals surface area contributed by atoms with Crippen LogP contribution in [-0.4, -0.2) is 22.8 Å². The number of carbonyl (C=O) groups is 2. The van der Waals surface area contributed by atoms with Crippen molar-refractivity contribution in [1.29, 1.82) is 0 Å². The molecule has 0 unspecified atom stereocenters. The van der Waals surface area contributed by atoms with Crippen molar-refractivity contribution in [3.63, 3.8) is 0 Å². The molecule has 7 rings (SSSR count). The van der Waals surface area contributed by atoms with Gasteiger partial charge in [-0.15, -0.1) is 0 Å². The minimum atomic E-state index is -3.18. The van der Waals surface area contributed by atoms with Gasteiger partial charge in [0, 0.05) is 0 Å². The van der Waals surface area contributed by atoms with Gasteiger partial charge in [0.25, 0.3) is 0 Å². The highest BCUT2D eigenvalue weighted by atomic mass is 31.2. The van der Waals surface area contributed by atoms with Crippen molar-refractivity contribution in [2.24, 2.45) is 0 Å². The van der Waals surface area contributed by atoms with Crippen molar-refractivity contribution in [3.8, 4) is 0 Å². The average molecular weight is 713 g/mol. The molecule has 0 N–H and O–H groups in total. The monoisotopic (exact) mass is 712 g/mol. The summed E-state index contributed by atoms with van der Waals surface area (Å²) < 4.78 is 6.24. The molecule has 3 nitrogen and oxygen atoms in total. The van der Waals surface area contributed by atoms with Crippen LogP contribution in [0.5, 0.6) is 0 Å². The standard InChI is InChI=1S/C47H38O3P2/c48-45(37-51(39-24-10-2-11-25-39,40-26-12-3-13-27-40)41-28-14-4-15-29-41)46(47(49)50-36-38-22-8-1-9-23-38)52(42-30-16-5-17-31-42,43-32-18-6-19-33-43)44-34-20-7-21-35-44/h1-35,37H,36H2. The number of esters is 1. The van der Waals surface area contributed by atoms with Crippen molar-refractivity contribution in [1.82, 2.24) is 0 Å². The normalized spacial score (nSPS) is 11.3. The molecule has 5 heteroatoms. The van der Waals surface area contributed by atoms with Crippen LogP contribution in [-0.2, 0) is 20.9 Å². The summed E-state index contributed by atoms with van der Waals surface area (Å²) in [6.45, 7) is -5.96. The van der Waals surface area contributed by atoms with Gasteiger partial charge in [-0.3, -0.25) is 4.79 Å². The molecule has 0 amide bonds. The lowest BCUT2D eigenvalue weighted by molar-refractivity contribution is -0.136. The van der Waals surface area contributed by atoms with Crippen LogP contribution >= 0.6 is 13.8 Å². The van der Waals surface area contributed by atoms with E-state index in [4.69, 9.17) is 4.74 Å². The highest BCUT2D eigenvalue weighted by Gasteiger charge is 2.39. The third-order valence-corrected chi connectivity index (χ3v) is 17.5. The van der Waals surface area contributed by atoms with Gasteiger partial charge in [0.15, 0.2) is 5.78 Å². The number of ketones is 1. The summed E-state index contributed by atoms with van der Waals surface area (Å²) in [5, 5.41) is 5.86. The molecule has 0 atom stereocenters. The lowest BCUT2D eigenvalue weighted by atomic mass is 10.2. The molecule has 0 fully saturated rings.